The van der Waals surface area contributed by atoms with E-state index in [1.54, 1.807) is 17.0 Å². The van der Waals surface area contributed by atoms with E-state index in [1.165, 1.54) is 6.07 Å². The number of piperidine rings is 1. The number of hydrogen-bond donors (Lipinski definition) is 1. The van der Waals surface area contributed by atoms with Crippen LogP contribution in [0.4, 0.5) is 11.4 Å². The van der Waals surface area contributed by atoms with Crippen LogP contribution in [0.25, 0.3) is 0 Å². The minimum atomic E-state index is -0.370. The van der Waals surface area contributed by atoms with E-state index in [2.05, 4.69) is 17.1 Å². The van der Waals surface area contributed by atoms with Crippen molar-refractivity contribution in [2.45, 2.75) is 32.7 Å². The number of halogens is 1. The molecule has 1 aromatic rings. The molecule has 0 aromatic heterocycles. The molecule has 0 saturated carbocycles. The van der Waals surface area contributed by atoms with E-state index in [-0.39, 0.29) is 35.0 Å². The van der Waals surface area contributed by atoms with Gasteiger partial charge in [0.25, 0.3) is 11.6 Å². The minimum Gasteiger partial charge on any atom is -0.366 e. The second kappa shape index (κ2) is 8.68. The zero-order valence-corrected chi connectivity index (χ0v) is 16.1. The number of carbonyl (C=O) groups excluding carboxylic acids is 1. The summed E-state index contributed by atoms with van der Waals surface area (Å²) in [6.45, 7) is 7.97. The molecule has 0 bridgehead atoms. The molecule has 2 aliphatic heterocycles. The molecule has 1 atom stereocenters. The molecule has 26 heavy (non-hydrogen) atoms. The van der Waals surface area contributed by atoms with Crippen LogP contribution in [0.15, 0.2) is 18.2 Å². The van der Waals surface area contributed by atoms with Gasteiger partial charge >= 0.3 is 0 Å². The van der Waals surface area contributed by atoms with Gasteiger partial charge in [0.2, 0.25) is 0 Å². The fraction of sp³-hybridized carbons (Fsp3) is 0.611. The smallest absolute Gasteiger partial charge is 0.293 e. The highest BCUT2D eigenvalue weighted by Gasteiger charge is 2.28. The van der Waals surface area contributed by atoms with Gasteiger partial charge in [-0.3, -0.25) is 14.9 Å². The Bertz CT molecular complexity index is 662. The van der Waals surface area contributed by atoms with Crippen molar-refractivity contribution >= 4 is 29.7 Å². The Kier molecular flexibility index (Phi) is 6.83. The van der Waals surface area contributed by atoms with Crippen LogP contribution in [0.1, 0.15) is 37.0 Å². The number of nitro benzene ring substituents is 1. The number of amides is 1. The highest BCUT2D eigenvalue weighted by molar-refractivity contribution is 5.96. The molecule has 2 heterocycles. The molecule has 0 aliphatic carbocycles. The Hall–Kier alpha value is -1.86. The predicted molar refractivity (Wildman–Crippen MR) is 104 cm³/mol. The Morgan fingerprint density at radius 3 is 2.54 bits per heavy atom. The Morgan fingerprint density at radius 1 is 1.23 bits per heavy atom. The highest BCUT2D eigenvalue weighted by Crippen LogP contribution is 2.32. The van der Waals surface area contributed by atoms with Crippen LogP contribution < -0.4 is 10.2 Å². The molecule has 0 spiro atoms. The molecule has 1 aromatic carbocycles. The van der Waals surface area contributed by atoms with E-state index in [0.29, 0.717) is 23.7 Å². The zero-order chi connectivity index (χ0) is 18.0. The van der Waals surface area contributed by atoms with Crippen LogP contribution in [0.5, 0.6) is 0 Å². The third kappa shape index (κ3) is 4.27. The first-order valence-electron chi connectivity index (χ1n) is 9.02. The minimum absolute atomic E-state index is 0. The maximum absolute atomic E-state index is 12.8. The molecule has 0 radical (unpaired) electrons. The van der Waals surface area contributed by atoms with Gasteiger partial charge in [-0.05, 0) is 37.8 Å². The molecular formula is C18H27ClN4O3. The quantitative estimate of drug-likeness (QED) is 0.642. The maximum Gasteiger partial charge on any atom is 0.293 e. The largest absolute Gasteiger partial charge is 0.366 e. The summed E-state index contributed by atoms with van der Waals surface area (Å²) in [7, 11) is 0. The molecule has 2 saturated heterocycles. The maximum atomic E-state index is 12.8. The van der Waals surface area contributed by atoms with Gasteiger partial charge in [-0.1, -0.05) is 6.92 Å². The van der Waals surface area contributed by atoms with Gasteiger partial charge in [0.1, 0.15) is 5.69 Å². The van der Waals surface area contributed by atoms with Crippen LogP contribution in [0, 0.1) is 16.0 Å². The first kappa shape index (κ1) is 20.5. The third-order valence-corrected chi connectivity index (χ3v) is 5.31. The lowest BCUT2D eigenvalue weighted by molar-refractivity contribution is -0.384. The van der Waals surface area contributed by atoms with Crippen LogP contribution >= 0.6 is 12.4 Å². The fourth-order valence-corrected chi connectivity index (χ4v) is 3.63. The number of benzene rings is 1. The first-order chi connectivity index (χ1) is 12.0. The number of nitro groups is 1. The van der Waals surface area contributed by atoms with Crippen molar-refractivity contribution < 1.29 is 9.72 Å². The molecule has 2 fully saturated rings. The summed E-state index contributed by atoms with van der Waals surface area (Å²) in [5.41, 5.74) is 1.06. The van der Waals surface area contributed by atoms with E-state index >= 15 is 0 Å². The first-order valence-corrected chi connectivity index (χ1v) is 9.02. The zero-order valence-electron chi connectivity index (χ0n) is 15.3. The Morgan fingerprint density at radius 2 is 1.92 bits per heavy atom. The van der Waals surface area contributed by atoms with Crippen molar-refractivity contribution in [2.24, 2.45) is 5.92 Å². The summed E-state index contributed by atoms with van der Waals surface area (Å²) in [5.74, 6) is 0.529. The van der Waals surface area contributed by atoms with Crippen LogP contribution in [-0.2, 0) is 0 Å². The van der Waals surface area contributed by atoms with Crippen LogP contribution in [0.2, 0.25) is 0 Å². The lowest BCUT2D eigenvalue weighted by atomic mass is 9.98. The van der Waals surface area contributed by atoms with Crippen molar-refractivity contribution in [1.82, 2.24) is 10.2 Å². The average Bonchev–Trinajstić information content (AvgIpc) is 2.62. The van der Waals surface area contributed by atoms with Gasteiger partial charge in [-0.25, -0.2) is 0 Å². The van der Waals surface area contributed by atoms with Crippen molar-refractivity contribution in [3.8, 4) is 0 Å². The molecule has 1 N–H and O–H groups in total. The van der Waals surface area contributed by atoms with Gasteiger partial charge in [-0.2, -0.15) is 0 Å². The van der Waals surface area contributed by atoms with Gasteiger partial charge < -0.3 is 15.1 Å². The molecule has 144 valence electrons. The average molecular weight is 383 g/mol. The molecule has 8 heteroatoms. The third-order valence-electron chi connectivity index (χ3n) is 5.31. The Balaban J connectivity index is 0.00000243. The van der Waals surface area contributed by atoms with Gasteiger partial charge in [0, 0.05) is 50.4 Å². The lowest BCUT2D eigenvalue weighted by Gasteiger charge is -2.34. The molecule has 7 nitrogen and oxygen atoms in total. The van der Waals surface area contributed by atoms with Crippen molar-refractivity contribution in [1.29, 1.82) is 0 Å². The van der Waals surface area contributed by atoms with Crippen molar-refractivity contribution in [3.05, 3.63) is 33.9 Å². The van der Waals surface area contributed by atoms with Gasteiger partial charge in [0.05, 0.1) is 4.92 Å². The van der Waals surface area contributed by atoms with E-state index in [1.807, 2.05) is 6.92 Å². The summed E-state index contributed by atoms with van der Waals surface area (Å²) in [6.07, 6.45) is 2.08. The number of nitrogens with one attached hydrogen (secondary N) is 1. The topological polar surface area (TPSA) is 78.7 Å². The Labute approximate surface area is 160 Å². The fourth-order valence-electron chi connectivity index (χ4n) is 3.63. The van der Waals surface area contributed by atoms with Crippen molar-refractivity contribution in [2.75, 3.05) is 37.6 Å². The monoisotopic (exact) mass is 382 g/mol. The van der Waals surface area contributed by atoms with Gasteiger partial charge in [0.15, 0.2) is 0 Å². The van der Waals surface area contributed by atoms with E-state index in [4.69, 9.17) is 0 Å². The summed E-state index contributed by atoms with van der Waals surface area (Å²) in [5, 5.41) is 14.8. The molecule has 2 aliphatic rings. The lowest BCUT2D eigenvalue weighted by Crippen LogP contribution is -2.52. The number of piperazine rings is 1. The molecule has 1 amide bonds. The number of nitrogens with zero attached hydrogens (tertiary/aromatic N) is 3. The number of anilines is 1. The summed E-state index contributed by atoms with van der Waals surface area (Å²) >= 11 is 0. The van der Waals surface area contributed by atoms with Crippen LogP contribution in [-0.4, -0.2) is 54.5 Å². The molecular weight excluding hydrogens is 356 g/mol. The van der Waals surface area contributed by atoms with E-state index < -0.39 is 0 Å². The molecule has 1 unspecified atom stereocenters. The van der Waals surface area contributed by atoms with Gasteiger partial charge in [-0.15, -0.1) is 12.4 Å². The normalized spacial score (nSPS) is 21.2. The summed E-state index contributed by atoms with van der Waals surface area (Å²) in [6, 6.07) is 5.01. The van der Waals surface area contributed by atoms with Crippen molar-refractivity contribution in [3.63, 3.8) is 0 Å². The SMILES string of the molecule is CC1CCN(c2ccc(C(=O)N3CCNCC3C)cc2[N+](=O)[O-])CC1.Cl. The molecule has 3 rings (SSSR count). The predicted octanol–water partition coefficient (Wildman–Crippen LogP) is 2.69. The number of rotatable bonds is 3. The standard InChI is InChI=1S/C18H26N4O3.ClH/c1-13-5-8-20(9-6-13)16-4-3-15(11-17(16)22(24)25)18(23)21-10-7-19-12-14(21)2;/h3-4,11,13-14,19H,5-10,12H2,1-2H3;1H. The van der Waals surface area contributed by atoms with E-state index in [9.17, 15) is 14.9 Å². The summed E-state index contributed by atoms with van der Waals surface area (Å²) < 4.78 is 0. The highest BCUT2D eigenvalue weighted by atomic mass is 35.5. The summed E-state index contributed by atoms with van der Waals surface area (Å²) in [4.78, 5) is 27.9. The van der Waals surface area contributed by atoms with E-state index in [0.717, 1.165) is 39.0 Å². The van der Waals surface area contributed by atoms with Crippen LogP contribution in [0.3, 0.4) is 0 Å². The number of hydrogen-bond acceptors (Lipinski definition) is 5. The second-order valence-electron chi connectivity index (χ2n) is 7.18. The number of carbonyl (C=O) groups is 1. The second-order valence-corrected chi connectivity index (χ2v) is 7.18.